The number of hydrogen-bond donors (Lipinski definition) is 0. The van der Waals surface area contributed by atoms with Crippen LogP contribution in [0.4, 0.5) is 0 Å². The minimum atomic E-state index is 0. The Bertz CT molecular complexity index is 489. The van der Waals surface area contributed by atoms with Crippen LogP contribution in [0.15, 0.2) is 66.7 Å². The van der Waals surface area contributed by atoms with Crippen LogP contribution in [0.25, 0.3) is 6.08 Å². The normalized spacial score (nSPS) is 9.88. The fourth-order valence-electron chi connectivity index (χ4n) is 1.43. The molecule has 0 aliphatic rings. The molecular weight excluding hydrogens is 348 g/mol. The summed E-state index contributed by atoms with van der Waals surface area (Å²) in [7, 11) is 0. The van der Waals surface area contributed by atoms with E-state index in [0.717, 1.165) is 11.1 Å². The predicted molar refractivity (Wildman–Crippen MR) is 66.2 cm³/mol. The molecule has 0 unspecified atom stereocenters. The first-order chi connectivity index (χ1) is 7.86. The number of allylic oxidation sites excluding steroid dienone is 1. The summed E-state index contributed by atoms with van der Waals surface area (Å²) in [5.41, 5.74) is 1.75. The average molecular weight is 360 g/mol. The van der Waals surface area contributed by atoms with E-state index >= 15 is 0 Å². The van der Waals surface area contributed by atoms with Gasteiger partial charge in [0.15, 0.2) is 5.78 Å². The van der Waals surface area contributed by atoms with Gasteiger partial charge in [-0.15, -0.1) is 0 Å². The summed E-state index contributed by atoms with van der Waals surface area (Å²) in [6, 6.07) is 19.1. The number of ketones is 1. The molecule has 2 aromatic carbocycles. The predicted octanol–water partition coefficient (Wildman–Crippen LogP) is 3.58. The average Bonchev–Trinajstić information content (AvgIpc) is 2.38. The first-order valence-corrected chi connectivity index (χ1v) is 5.19. The number of carbonyl (C=O) groups excluding carboxylic acids is 1. The third-order valence-corrected chi connectivity index (χ3v) is 2.29. The molecule has 0 atom stereocenters. The summed E-state index contributed by atoms with van der Waals surface area (Å²) in [4.78, 5) is 11.7. The SMILES string of the molecule is O=C(/C=C/c1ccccc1)c1ccccc1.[Eu]. The zero-order valence-corrected chi connectivity index (χ0v) is 11.6. The summed E-state index contributed by atoms with van der Waals surface area (Å²) in [6.45, 7) is 0. The molecule has 0 saturated carbocycles. The van der Waals surface area contributed by atoms with Gasteiger partial charge in [0.2, 0.25) is 0 Å². The van der Waals surface area contributed by atoms with Gasteiger partial charge < -0.3 is 0 Å². The van der Waals surface area contributed by atoms with Crippen molar-refractivity contribution in [2.45, 2.75) is 0 Å². The van der Waals surface area contributed by atoms with Crippen molar-refractivity contribution in [2.75, 3.05) is 0 Å². The molecule has 0 saturated heterocycles. The van der Waals surface area contributed by atoms with E-state index < -0.39 is 0 Å². The van der Waals surface area contributed by atoms with Crippen molar-refractivity contribution in [3.05, 3.63) is 77.9 Å². The summed E-state index contributed by atoms with van der Waals surface area (Å²) >= 11 is 0. The molecule has 0 aromatic heterocycles. The molecule has 0 fully saturated rings. The summed E-state index contributed by atoms with van der Waals surface area (Å²) in [5, 5.41) is 0. The van der Waals surface area contributed by atoms with Gasteiger partial charge in [-0.3, -0.25) is 4.79 Å². The Kier molecular flexibility index (Phi) is 6.57. The van der Waals surface area contributed by atoms with E-state index in [1.165, 1.54) is 0 Å². The summed E-state index contributed by atoms with van der Waals surface area (Å²) in [6.07, 6.45) is 3.43. The van der Waals surface area contributed by atoms with Gasteiger partial charge in [-0.25, -0.2) is 0 Å². The van der Waals surface area contributed by atoms with Gasteiger partial charge in [-0.1, -0.05) is 66.7 Å². The van der Waals surface area contributed by atoms with E-state index in [0.29, 0.717) is 0 Å². The van der Waals surface area contributed by atoms with E-state index in [-0.39, 0.29) is 55.2 Å². The van der Waals surface area contributed by atoms with E-state index in [1.807, 2.05) is 66.7 Å². The Morgan fingerprint density at radius 1 is 0.824 bits per heavy atom. The van der Waals surface area contributed by atoms with Crippen LogP contribution in [-0.2, 0) is 0 Å². The van der Waals surface area contributed by atoms with E-state index in [9.17, 15) is 4.79 Å². The molecule has 2 heteroatoms. The van der Waals surface area contributed by atoms with Gasteiger partial charge in [-0.05, 0) is 11.6 Å². The minimum Gasteiger partial charge on any atom is -0.289 e. The molecule has 0 bridgehead atoms. The van der Waals surface area contributed by atoms with Crippen molar-refractivity contribution in [1.82, 2.24) is 0 Å². The van der Waals surface area contributed by atoms with Crippen LogP contribution in [0.1, 0.15) is 15.9 Å². The fourth-order valence-corrected chi connectivity index (χ4v) is 1.43. The second kappa shape index (κ2) is 7.70. The Morgan fingerprint density at radius 2 is 1.35 bits per heavy atom. The first kappa shape index (κ1) is 14.5. The Morgan fingerprint density at radius 3 is 1.94 bits per heavy atom. The molecule has 0 spiro atoms. The van der Waals surface area contributed by atoms with Gasteiger partial charge in [0, 0.05) is 54.9 Å². The molecule has 1 radical (unpaired) electrons. The molecule has 1 nitrogen and oxygen atoms in total. The fraction of sp³-hybridized carbons (Fsp3) is 0. The Labute approximate surface area is 142 Å². The molecule has 17 heavy (non-hydrogen) atoms. The Balaban J connectivity index is 0.00000144. The molecule has 0 aliphatic carbocycles. The molecule has 85 valence electrons. The third-order valence-electron chi connectivity index (χ3n) is 2.29. The maximum absolute atomic E-state index is 11.7. The van der Waals surface area contributed by atoms with E-state index in [1.54, 1.807) is 6.08 Å². The number of hydrogen-bond acceptors (Lipinski definition) is 1. The topological polar surface area (TPSA) is 17.1 Å². The van der Waals surface area contributed by atoms with E-state index in [2.05, 4.69) is 0 Å². The minimum absolute atomic E-state index is 0. The van der Waals surface area contributed by atoms with Crippen LogP contribution in [0.5, 0.6) is 0 Å². The second-order valence-corrected chi connectivity index (χ2v) is 3.47. The maximum Gasteiger partial charge on any atom is 0.185 e. The van der Waals surface area contributed by atoms with Gasteiger partial charge in [-0.2, -0.15) is 0 Å². The van der Waals surface area contributed by atoms with Gasteiger partial charge >= 0.3 is 0 Å². The summed E-state index contributed by atoms with van der Waals surface area (Å²) < 4.78 is 0. The molecule has 0 aliphatic heterocycles. The number of carbonyl (C=O) groups is 1. The summed E-state index contributed by atoms with van der Waals surface area (Å²) in [5.74, 6) is 0.0319. The van der Waals surface area contributed by atoms with Crippen LogP contribution in [0, 0.1) is 49.4 Å². The third kappa shape index (κ3) is 4.67. The van der Waals surface area contributed by atoms with Crippen molar-refractivity contribution in [3.8, 4) is 0 Å². The maximum atomic E-state index is 11.7. The molecule has 2 aromatic rings. The molecular formula is C15H12EuO. The first-order valence-electron chi connectivity index (χ1n) is 5.19. The smallest absolute Gasteiger partial charge is 0.185 e. The second-order valence-electron chi connectivity index (χ2n) is 3.47. The van der Waals surface area contributed by atoms with Crippen molar-refractivity contribution >= 4 is 11.9 Å². The number of benzene rings is 2. The quantitative estimate of drug-likeness (QED) is 0.604. The number of rotatable bonds is 3. The monoisotopic (exact) mass is 361 g/mol. The van der Waals surface area contributed by atoms with Gasteiger partial charge in [0.05, 0.1) is 0 Å². The van der Waals surface area contributed by atoms with Gasteiger partial charge in [0.25, 0.3) is 0 Å². The van der Waals surface area contributed by atoms with Crippen molar-refractivity contribution in [3.63, 3.8) is 0 Å². The molecule has 2 rings (SSSR count). The van der Waals surface area contributed by atoms with Crippen LogP contribution in [0.2, 0.25) is 0 Å². The van der Waals surface area contributed by atoms with Gasteiger partial charge in [0.1, 0.15) is 0 Å². The standard InChI is InChI=1S/C15H12O.Eu/c16-15(14-9-5-2-6-10-14)12-11-13-7-3-1-4-8-13;/h1-12H;/b12-11+;. The van der Waals surface area contributed by atoms with Crippen LogP contribution in [-0.4, -0.2) is 5.78 Å². The van der Waals surface area contributed by atoms with E-state index in [4.69, 9.17) is 0 Å². The zero-order valence-electron chi connectivity index (χ0n) is 9.21. The zero-order chi connectivity index (χ0) is 11.2. The molecule has 0 amide bonds. The largest absolute Gasteiger partial charge is 0.289 e. The van der Waals surface area contributed by atoms with Crippen molar-refractivity contribution in [2.24, 2.45) is 0 Å². The van der Waals surface area contributed by atoms with Crippen molar-refractivity contribution in [1.29, 1.82) is 0 Å². The van der Waals surface area contributed by atoms with Crippen LogP contribution < -0.4 is 0 Å². The van der Waals surface area contributed by atoms with Crippen LogP contribution in [0.3, 0.4) is 0 Å². The Hall–Kier alpha value is -0.566. The molecule has 0 N–H and O–H groups in total. The molecule has 0 heterocycles. The van der Waals surface area contributed by atoms with Crippen molar-refractivity contribution < 1.29 is 54.2 Å². The van der Waals surface area contributed by atoms with Crippen LogP contribution >= 0.6 is 0 Å².